The standard InChI is InChI=1S/C20H25N2O2.BrH/c1-4-5-18-19-11-6-15(2)22(19)13-12-21(18)14-20(23)16-7-9-17(24-3)10-8-16;/h6-11H,4-5,12-14H2,1-3H3;1H/q+1;/p-1. The van der Waals surface area contributed by atoms with Crippen LogP contribution in [0.15, 0.2) is 36.4 Å². The van der Waals surface area contributed by atoms with Crippen LogP contribution in [0.3, 0.4) is 0 Å². The van der Waals surface area contributed by atoms with Crippen LogP contribution in [0, 0.1) is 6.92 Å². The molecule has 1 aliphatic heterocycles. The minimum atomic E-state index is 0. The number of ether oxygens (including phenoxy) is 1. The molecule has 0 bridgehead atoms. The molecule has 2 aromatic rings. The van der Waals surface area contributed by atoms with Crippen LogP contribution >= 0.6 is 0 Å². The number of halogens is 1. The highest BCUT2D eigenvalue weighted by Gasteiger charge is 2.27. The minimum Gasteiger partial charge on any atom is -1.00 e. The lowest BCUT2D eigenvalue weighted by Crippen LogP contribution is -3.00. The van der Waals surface area contributed by atoms with E-state index in [1.807, 2.05) is 24.3 Å². The molecular weight excluding hydrogens is 380 g/mol. The van der Waals surface area contributed by atoms with Gasteiger partial charge in [-0.25, -0.2) is 4.58 Å². The van der Waals surface area contributed by atoms with E-state index in [1.165, 1.54) is 17.1 Å². The Labute approximate surface area is 159 Å². The first-order valence-electron chi connectivity index (χ1n) is 8.58. The second-order valence-corrected chi connectivity index (χ2v) is 6.28. The Kier molecular flexibility index (Phi) is 6.59. The topological polar surface area (TPSA) is 34.2 Å². The number of ketones is 1. The van der Waals surface area contributed by atoms with Gasteiger partial charge in [-0.15, -0.1) is 0 Å². The van der Waals surface area contributed by atoms with Crippen molar-refractivity contribution in [2.75, 3.05) is 20.2 Å². The molecule has 0 fully saturated rings. The molecule has 4 nitrogen and oxygen atoms in total. The molecule has 0 N–H and O–H groups in total. The Morgan fingerprint density at radius 1 is 1.20 bits per heavy atom. The smallest absolute Gasteiger partial charge is 0.227 e. The van der Waals surface area contributed by atoms with Gasteiger partial charge in [-0.1, -0.05) is 6.92 Å². The molecule has 3 rings (SSSR count). The number of rotatable bonds is 6. The molecule has 0 unspecified atom stereocenters. The van der Waals surface area contributed by atoms with E-state index in [2.05, 4.69) is 35.1 Å². The second-order valence-electron chi connectivity index (χ2n) is 6.28. The van der Waals surface area contributed by atoms with E-state index in [4.69, 9.17) is 4.74 Å². The zero-order valence-electron chi connectivity index (χ0n) is 15.1. The van der Waals surface area contributed by atoms with E-state index in [0.717, 1.165) is 37.2 Å². The minimum absolute atomic E-state index is 0. The second kappa shape index (κ2) is 8.48. The molecule has 1 aromatic heterocycles. The molecule has 0 amide bonds. The van der Waals surface area contributed by atoms with Gasteiger partial charge in [0.2, 0.25) is 12.3 Å². The average molecular weight is 405 g/mol. The predicted octanol–water partition coefficient (Wildman–Crippen LogP) is 0.307. The van der Waals surface area contributed by atoms with Gasteiger partial charge in [0.05, 0.1) is 13.7 Å². The number of Topliss-reactive ketones (excluding diaryl/α,β-unsaturated/α-hetero) is 1. The van der Waals surface area contributed by atoms with Gasteiger partial charge in [-0.05, 0) is 49.7 Å². The SMILES string of the molecule is CCCC1=[N+](CC(=O)c2ccc(OC)cc2)CCn2c(C)ccc21.[Br-]. The summed E-state index contributed by atoms with van der Waals surface area (Å²) in [4.78, 5) is 12.7. The van der Waals surface area contributed by atoms with Gasteiger partial charge < -0.3 is 26.3 Å². The highest BCUT2D eigenvalue weighted by Crippen LogP contribution is 2.17. The molecule has 0 saturated carbocycles. The van der Waals surface area contributed by atoms with Crippen molar-refractivity contribution in [3.05, 3.63) is 53.3 Å². The molecule has 0 radical (unpaired) electrons. The summed E-state index contributed by atoms with van der Waals surface area (Å²) in [7, 11) is 1.63. The van der Waals surface area contributed by atoms with Gasteiger partial charge in [0.25, 0.3) is 0 Å². The van der Waals surface area contributed by atoms with E-state index in [9.17, 15) is 4.79 Å². The van der Waals surface area contributed by atoms with Crippen LogP contribution < -0.4 is 21.7 Å². The lowest BCUT2D eigenvalue weighted by atomic mass is 10.1. The summed E-state index contributed by atoms with van der Waals surface area (Å²) in [6, 6.07) is 11.7. The van der Waals surface area contributed by atoms with Gasteiger partial charge in [0.1, 0.15) is 11.4 Å². The van der Waals surface area contributed by atoms with E-state index >= 15 is 0 Å². The Bertz CT molecular complexity index is 775. The number of aryl methyl sites for hydroxylation is 1. The predicted molar refractivity (Wildman–Crippen MR) is 95.5 cm³/mol. The lowest BCUT2D eigenvalue weighted by molar-refractivity contribution is -0.519. The number of carbonyl (C=O) groups is 1. The number of benzene rings is 1. The molecule has 0 saturated heterocycles. The van der Waals surface area contributed by atoms with E-state index in [1.54, 1.807) is 7.11 Å². The van der Waals surface area contributed by atoms with Gasteiger partial charge in [-0.3, -0.25) is 4.79 Å². The molecule has 134 valence electrons. The monoisotopic (exact) mass is 404 g/mol. The summed E-state index contributed by atoms with van der Waals surface area (Å²) in [5, 5.41) is 0. The van der Waals surface area contributed by atoms with Crippen molar-refractivity contribution in [2.45, 2.75) is 33.2 Å². The number of nitrogens with zero attached hydrogens (tertiary/aromatic N) is 2. The first-order chi connectivity index (χ1) is 11.6. The molecule has 0 spiro atoms. The highest BCUT2D eigenvalue weighted by molar-refractivity contribution is 5.99. The van der Waals surface area contributed by atoms with Gasteiger partial charge in [0.15, 0.2) is 12.3 Å². The summed E-state index contributed by atoms with van der Waals surface area (Å²) < 4.78 is 9.78. The quantitative estimate of drug-likeness (QED) is 0.512. The van der Waals surface area contributed by atoms with E-state index in [-0.39, 0.29) is 22.8 Å². The Hall–Kier alpha value is -1.88. The number of fused-ring (bicyclic) bond motifs is 1. The van der Waals surface area contributed by atoms with Crippen LogP contribution in [0.2, 0.25) is 0 Å². The molecule has 1 aliphatic rings. The Morgan fingerprint density at radius 2 is 1.92 bits per heavy atom. The maximum atomic E-state index is 12.7. The van der Waals surface area contributed by atoms with Crippen molar-refractivity contribution in [3.8, 4) is 5.75 Å². The van der Waals surface area contributed by atoms with Crippen molar-refractivity contribution in [1.82, 2.24) is 4.57 Å². The summed E-state index contributed by atoms with van der Waals surface area (Å²) >= 11 is 0. The average Bonchev–Trinajstić information content (AvgIpc) is 2.98. The maximum absolute atomic E-state index is 12.7. The van der Waals surface area contributed by atoms with Crippen LogP contribution in [0.1, 0.15) is 41.5 Å². The van der Waals surface area contributed by atoms with Crippen LogP contribution in [0.5, 0.6) is 5.75 Å². The fourth-order valence-corrected chi connectivity index (χ4v) is 3.37. The summed E-state index contributed by atoms with van der Waals surface area (Å²) in [5.41, 5.74) is 4.59. The number of carbonyl (C=O) groups excluding carboxylic acids is 1. The van der Waals surface area contributed by atoms with E-state index < -0.39 is 0 Å². The zero-order chi connectivity index (χ0) is 17.1. The molecule has 5 heteroatoms. The maximum Gasteiger partial charge on any atom is 0.227 e. The zero-order valence-corrected chi connectivity index (χ0v) is 16.7. The van der Waals surface area contributed by atoms with Crippen LogP contribution in [0.25, 0.3) is 0 Å². The molecule has 2 heterocycles. The fourth-order valence-electron chi connectivity index (χ4n) is 3.37. The Balaban J connectivity index is 0.00000225. The van der Waals surface area contributed by atoms with Gasteiger partial charge in [0, 0.05) is 17.7 Å². The lowest BCUT2D eigenvalue weighted by Gasteiger charge is -2.19. The molecular formula is C20H25BrN2O2. The summed E-state index contributed by atoms with van der Waals surface area (Å²) in [6.45, 7) is 6.60. The molecule has 0 aliphatic carbocycles. The Morgan fingerprint density at radius 3 is 2.56 bits per heavy atom. The van der Waals surface area contributed by atoms with Crippen LogP contribution in [0.4, 0.5) is 0 Å². The highest BCUT2D eigenvalue weighted by atomic mass is 79.9. The fraction of sp³-hybridized carbons (Fsp3) is 0.400. The van der Waals surface area contributed by atoms with Gasteiger partial charge >= 0.3 is 0 Å². The number of hydrogen-bond acceptors (Lipinski definition) is 2. The summed E-state index contributed by atoms with van der Waals surface area (Å²) in [5.74, 6) is 0.930. The molecule has 1 aromatic carbocycles. The van der Waals surface area contributed by atoms with Crippen molar-refractivity contribution in [1.29, 1.82) is 0 Å². The van der Waals surface area contributed by atoms with Crippen LogP contribution in [-0.4, -0.2) is 40.8 Å². The third kappa shape index (κ3) is 4.03. The van der Waals surface area contributed by atoms with Crippen molar-refractivity contribution < 1.29 is 31.1 Å². The third-order valence-corrected chi connectivity index (χ3v) is 4.70. The van der Waals surface area contributed by atoms with Crippen molar-refractivity contribution >= 4 is 11.5 Å². The molecule has 25 heavy (non-hydrogen) atoms. The first-order valence-corrected chi connectivity index (χ1v) is 8.58. The summed E-state index contributed by atoms with van der Waals surface area (Å²) in [6.07, 6.45) is 2.08. The number of methoxy groups -OCH3 is 1. The third-order valence-electron chi connectivity index (χ3n) is 4.70. The van der Waals surface area contributed by atoms with E-state index in [0.29, 0.717) is 6.54 Å². The van der Waals surface area contributed by atoms with Crippen LogP contribution in [-0.2, 0) is 6.54 Å². The van der Waals surface area contributed by atoms with Crippen molar-refractivity contribution in [3.63, 3.8) is 0 Å². The normalized spacial score (nSPS) is 13.2. The van der Waals surface area contributed by atoms with Gasteiger partial charge in [-0.2, -0.15) is 0 Å². The first kappa shape index (κ1) is 19.4. The number of aromatic nitrogens is 1. The number of hydrogen-bond donors (Lipinski definition) is 0. The largest absolute Gasteiger partial charge is 1.00 e. The molecule has 0 atom stereocenters. The van der Waals surface area contributed by atoms with Crippen molar-refractivity contribution in [2.24, 2.45) is 0 Å².